The molecule has 0 unspecified atom stereocenters. The van der Waals surface area contributed by atoms with Crippen LogP contribution in [0.3, 0.4) is 0 Å². The molecular weight excluding hydrogens is 314 g/mol. The zero-order valence-corrected chi connectivity index (χ0v) is 13.8. The Morgan fingerprint density at radius 1 is 1.04 bits per heavy atom. The molecule has 0 aliphatic rings. The third-order valence-electron chi connectivity index (χ3n) is 3.37. The summed E-state index contributed by atoms with van der Waals surface area (Å²) in [7, 11) is 0. The Hall–Kier alpha value is -2.30. The van der Waals surface area contributed by atoms with Crippen LogP contribution in [0.4, 0.5) is 0 Å². The minimum absolute atomic E-state index is 0.535. The Bertz CT molecular complexity index is 706. The SMILES string of the molecule is C=C(c1ccc(Cl)cc1)c1ccc(OC(C)(C)C(=O)ON)cc1. The molecule has 23 heavy (non-hydrogen) atoms. The number of benzene rings is 2. The van der Waals surface area contributed by atoms with Gasteiger partial charge in [-0.05, 0) is 54.8 Å². The number of carbonyl (C=O) groups is 1. The van der Waals surface area contributed by atoms with Crippen LogP contribution in [0.5, 0.6) is 5.75 Å². The van der Waals surface area contributed by atoms with Crippen molar-refractivity contribution in [2.75, 3.05) is 0 Å². The van der Waals surface area contributed by atoms with Crippen molar-refractivity contribution in [2.45, 2.75) is 19.4 Å². The third-order valence-corrected chi connectivity index (χ3v) is 3.62. The van der Waals surface area contributed by atoms with E-state index in [9.17, 15) is 4.79 Å². The first-order valence-corrected chi connectivity index (χ1v) is 7.37. The van der Waals surface area contributed by atoms with Gasteiger partial charge in [0.05, 0.1) is 0 Å². The van der Waals surface area contributed by atoms with Crippen molar-refractivity contribution in [1.29, 1.82) is 0 Å². The normalized spacial score (nSPS) is 11.0. The number of carbonyl (C=O) groups excluding carboxylic acids is 1. The van der Waals surface area contributed by atoms with E-state index in [4.69, 9.17) is 22.2 Å². The summed E-state index contributed by atoms with van der Waals surface area (Å²) in [5, 5.41) is 0.680. The highest BCUT2D eigenvalue weighted by Crippen LogP contribution is 2.26. The predicted molar refractivity (Wildman–Crippen MR) is 91.0 cm³/mol. The van der Waals surface area contributed by atoms with Gasteiger partial charge >= 0.3 is 5.97 Å². The Morgan fingerprint density at radius 3 is 2.00 bits per heavy atom. The minimum atomic E-state index is -1.16. The van der Waals surface area contributed by atoms with Gasteiger partial charge < -0.3 is 9.57 Å². The maximum absolute atomic E-state index is 11.5. The van der Waals surface area contributed by atoms with E-state index in [1.54, 1.807) is 26.0 Å². The van der Waals surface area contributed by atoms with Gasteiger partial charge in [0.1, 0.15) is 5.75 Å². The van der Waals surface area contributed by atoms with Crippen LogP contribution in [-0.2, 0) is 9.63 Å². The standard InChI is InChI=1S/C18H18ClNO3/c1-12(13-4-8-15(19)9-5-13)14-6-10-16(11-7-14)22-18(2,3)17(21)23-20/h4-11H,1,20H2,2-3H3. The smallest absolute Gasteiger partial charge is 0.368 e. The van der Waals surface area contributed by atoms with Crippen LogP contribution >= 0.6 is 11.6 Å². The second-order valence-electron chi connectivity index (χ2n) is 5.53. The molecule has 2 rings (SSSR count). The molecule has 2 N–H and O–H groups in total. The van der Waals surface area contributed by atoms with Crippen molar-refractivity contribution >= 4 is 23.1 Å². The van der Waals surface area contributed by atoms with Gasteiger partial charge in [-0.15, -0.1) is 0 Å². The van der Waals surface area contributed by atoms with Gasteiger partial charge in [-0.1, -0.05) is 42.4 Å². The minimum Gasteiger partial charge on any atom is -0.476 e. The maximum Gasteiger partial charge on any atom is 0.368 e. The first kappa shape index (κ1) is 17.1. The highest BCUT2D eigenvalue weighted by molar-refractivity contribution is 6.30. The van der Waals surface area contributed by atoms with Gasteiger partial charge in [0.2, 0.25) is 5.60 Å². The summed E-state index contributed by atoms with van der Waals surface area (Å²) in [6.07, 6.45) is 0. The fourth-order valence-corrected chi connectivity index (χ4v) is 2.15. The van der Waals surface area contributed by atoms with Crippen molar-refractivity contribution in [3.05, 3.63) is 71.3 Å². The molecule has 0 saturated carbocycles. The largest absolute Gasteiger partial charge is 0.476 e. The van der Waals surface area contributed by atoms with Gasteiger partial charge in [0, 0.05) is 5.02 Å². The van der Waals surface area contributed by atoms with Crippen molar-refractivity contribution in [2.24, 2.45) is 5.90 Å². The lowest BCUT2D eigenvalue weighted by Gasteiger charge is -2.23. The highest BCUT2D eigenvalue weighted by atomic mass is 35.5. The third kappa shape index (κ3) is 4.12. The number of nitrogens with two attached hydrogens (primary N) is 1. The molecule has 0 amide bonds. The van der Waals surface area contributed by atoms with Crippen LogP contribution in [0.25, 0.3) is 5.57 Å². The van der Waals surface area contributed by atoms with Crippen LogP contribution in [0.15, 0.2) is 55.1 Å². The summed E-state index contributed by atoms with van der Waals surface area (Å²) in [5.41, 5.74) is 1.63. The molecule has 0 atom stereocenters. The molecule has 0 bridgehead atoms. The predicted octanol–water partition coefficient (Wildman–Crippen LogP) is 3.98. The molecule has 2 aromatic rings. The Balaban J connectivity index is 2.15. The van der Waals surface area contributed by atoms with Crippen LogP contribution in [0, 0.1) is 0 Å². The van der Waals surface area contributed by atoms with Crippen molar-refractivity contribution in [1.82, 2.24) is 0 Å². The molecule has 0 aliphatic heterocycles. The molecule has 0 heterocycles. The zero-order chi connectivity index (χ0) is 17.0. The molecule has 0 saturated heterocycles. The fourth-order valence-electron chi connectivity index (χ4n) is 2.02. The van der Waals surface area contributed by atoms with Crippen molar-refractivity contribution < 1.29 is 14.4 Å². The monoisotopic (exact) mass is 331 g/mol. The average Bonchev–Trinajstić information content (AvgIpc) is 2.54. The summed E-state index contributed by atoms with van der Waals surface area (Å²) in [5.74, 6) is 4.79. The number of hydrogen-bond acceptors (Lipinski definition) is 4. The molecule has 0 spiro atoms. The summed E-state index contributed by atoms with van der Waals surface area (Å²) >= 11 is 5.89. The van der Waals surface area contributed by atoms with Gasteiger partial charge in [0.25, 0.3) is 0 Å². The number of halogens is 1. The molecule has 0 aromatic heterocycles. The Morgan fingerprint density at radius 2 is 1.52 bits per heavy atom. The summed E-state index contributed by atoms with van der Waals surface area (Å²) in [4.78, 5) is 15.8. The van der Waals surface area contributed by atoms with Crippen molar-refractivity contribution in [3.63, 3.8) is 0 Å². The van der Waals surface area contributed by atoms with Crippen LogP contribution < -0.4 is 10.6 Å². The average molecular weight is 332 g/mol. The second-order valence-corrected chi connectivity index (χ2v) is 5.96. The van der Waals surface area contributed by atoms with Gasteiger partial charge in [-0.3, -0.25) is 0 Å². The highest BCUT2D eigenvalue weighted by Gasteiger charge is 2.31. The lowest BCUT2D eigenvalue weighted by Crippen LogP contribution is -2.40. The molecule has 5 heteroatoms. The van der Waals surface area contributed by atoms with Crippen LogP contribution in [-0.4, -0.2) is 11.6 Å². The Labute approximate surface area is 140 Å². The van der Waals surface area contributed by atoms with Crippen LogP contribution in [0.1, 0.15) is 25.0 Å². The van der Waals surface area contributed by atoms with E-state index in [1.807, 2.05) is 36.4 Å². The molecule has 0 fully saturated rings. The fraction of sp³-hybridized carbons (Fsp3) is 0.167. The lowest BCUT2D eigenvalue weighted by molar-refractivity contribution is -0.159. The zero-order valence-electron chi connectivity index (χ0n) is 13.0. The van der Waals surface area contributed by atoms with E-state index < -0.39 is 11.6 Å². The van der Waals surface area contributed by atoms with Gasteiger partial charge in [-0.2, -0.15) is 5.90 Å². The molecule has 120 valence electrons. The quantitative estimate of drug-likeness (QED) is 0.842. The van der Waals surface area contributed by atoms with E-state index in [0.717, 1.165) is 16.7 Å². The van der Waals surface area contributed by atoms with E-state index in [1.165, 1.54) is 0 Å². The Kier molecular flexibility index (Phi) is 5.08. The van der Waals surface area contributed by atoms with E-state index in [-0.39, 0.29) is 0 Å². The van der Waals surface area contributed by atoms with Gasteiger partial charge in [-0.25, -0.2) is 4.79 Å². The van der Waals surface area contributed by atoms with Crippen LogP contribution in [0.2, 0.25) is 5.02 Å². The molecular formula is C18H18ClNO3. The topological polar surface area (TPSA) is 61.5 Å². The van der Waals surface area contributed by atoms with E-state index in [2.05, 4.69) is 11.4 Å². The van der Waals surface area contributed by atoms with Crippen molar-refractivity contribution in [3.8, 4) is 5.75 Å². The van der Waals surface area contributed by atoms with Gasteiger partial charge in [0.15, 0.2) is 0 Å². The lowest BCUT2D eigenvalue weighted by atomic mass is 10.00. The number of ether oxygens (including phenoxy) is 1. The summed E-state index contributed by atoms with van der Waals surface area (Å²) in [6, 6.07) is 14.7. The first-order chi connectivity index (χ1) is 10.8. The number of rotatable bonds is 5. The first-order valence-electron chi connectivity index (χ1n) is 6.99. The second kappa shape index (κ2) is 6.86. The molecule has 0 radical (unpaired) electrons. The molecule has 0 aliphatic carbocycles. The van der Waals surface area contributed by atoms with E-state index in [0.29, 0.717) is 10.8 Å². The maximum atomic E-state index is 11.5. The number of hydrogen-bond donors (Lipinski definition) is 1. The molecule has 2 aromatic carbocycles. The summed E-state index contributed by atoms with van der Waals surface area (Å²) < 4.78 is 5.61. The summed E-state index contributed by atoms with van der Waals surface area (Å²) in [6.45, 7) is 7.27. The van der Waals surface area contributed by atoms with E-state index >= 15 is 0 Å². The molecule has 4 nitrogen and oxygen atoms in total.